The van der Waals surface area contributed by atoms with Crippen molar-refractivity contribution in [2.75, 3.05) is 6.61 Å². The van der Waals surface area contributed by atoms with Crippen LogP contribution in [-0.2, 0) is 47.7 Å². The zero-order valence-corrected chi connectivity index (χ0v) is 21.7. The van der Waals surface area contributed by atoms with Crippen molar-refractivity contribution in [3.05, 3.63) is 46.0 Å². The van der Waals surface area contributed by atoms with Crippen molar-refractivity contribution in [1.82, 2.24) is 0 Å². The van der Waals surface area contributed by atoms with Gasteiger partial charge in [0.1, 0.15) is 18.5 Å². The average molecular weight is 538 g/mol. The van der Waals surface area contributed by atoms with E-state index in [1.165, 1.54) is 6.92 Å². The lowest BCUT2D eigenvalue weighted by Gasteiger charge is -2.45. The fourth-order valence-electron chi connectivity index (χ4n) is 4.48. The monoisotopic (exact) mass is 537 g/mol. The van der Waals surface area contributed by atoms with Crippen LogP contribution in [0.4, 0.5) is 0 Å². The Labute approximate surface area is 218 Å². The van der Waals surface area contributed by atoms with Crippen LogP contribution in [0.2, 0.25) is 0 Å². The molecule has 0 amide bonds. The predicted molar refractivity (Wildman–Crippen MR) is 127 cm³/mol. The second-order valence-electron chi connectivity index (χ2n) is 8.86. The number of carbonyl (C=O) groups is 5. The highest BCUT2D eigenvalue weighted by molar-refractivity contribution is 5.76. The van der Waals surface area contributed by atoms with Crippen molar-refractivity contribution in [3.8, 4) is 0 Å². The van der Waals surface area contributed by atoms with Crippen molar-refractivity contribution < 1.29 is 52.6 Å². The first-order valence-corrected chi connectivity index (χ1v) is 11.8. The molecule has 0 saturated carbocycles. The lowest BCUT2D eigenvalue weighted by atomic mass is 9.80. The molecule has 1 heterocycles. The van der Waals surface area contributed by atoms with E-state index in [-0.39, 0.29) is 12.2 Å². The molecule has 0 radical (unpaired) electrons. The fourth-order valence-corrected chi connectivity index (χ4v) is 4.48. The summed E-state index contributed by atoms with van der Waals surface area (Å²) in [5, 5.41) is 12.6. The molecule has 208 valence electrons. The van der Waals surface area contributed by atoms with Gasteiger partial charge in [-0.1, -0.05) is 30.3 Å². The summed E-state index contributed by atoms with van der Waals surface area (Å²) in [4.78, 5) is 71.7. The van der Waals surface area contributed by atoms with Gasteiger partial charge in [0.15, 0.2) is 24.4 Å². The molecule has 1 aromatic rings. The van der Waals surface area contributed by atoms with Gasteiger partial charge < -0.3 is 28.5 Å². The molecule has 7 unspecified atom stereocenters. The highest BCUT2D eigenvalue weighted by Gasteiger charge is 2.58. The van der Waals surface area contributed by atoms with Gasteiger partial charge in [-0.3, -0.25) is 29.3 Å². The molecular formula is C25H31NO12. The van der Waals surface area contributed by atoms with Crippen LogP contribution in [-0.4, -0.2) is 77.8 Å². The Hall–Kier alpha value is -3.87. The van der Waals surface area contributed by atoms with E-state index in [0.717, 1.165) is 27.7 Å². The molecule has 1 fully saturated rings. The Morgan fingerprint density at radius 2 is 1.37 bits per heavy atom. The maximum atomic E-state index is 12.6. The van der Waals surface area contributed by atoms with Crippen molar-refractivity contribution in [1.29, 1.82) is 0 Å². The van der Waals surface area contributed by atoms with Gasteiger partial charge in [-0.2, -0.15) is 0 Å². The van der Waals surface area contributed by atoms with E-state index in [1.807, 2.05) is 0 Å². The third-order valence-electron chi connectivity index (χ3n) is 5.75. The van der Waals surface area contributed by atoms with E-state index in [1.54, 1.807) is 30.3 Å². The number of nitro groups is 1. The number of esters is 4. The summed E-state index contributed by atoms with van der Waals surface area (Å²) in [6.07, 6.45) is -7.86. The number of Topliss-reactive ketones (excluding diaryl/α,β-unsaturated/α-hetero) is 1. The quantitative estimate of drug-likeness (QED) is 0.172. The predicted octanol–water partition coefficient (Wildman–Crippen LogP) is 1.52. The van der Waals surface area contributed by atoms with Crippen LogP contribution in [0.15, 0.2) is 30.3 Å². The van der Waals surface area contributed by atoms with Crippen molar-refractivity contribution in [2.24, 2.45) is 0 Å². The second kappa shape index (κ2) is 13.6. The van der Waals surface area contributed by atoms with E-state index in [4.69, 9.17) is 23.7 Å². The summed E-state index contributed by atoms with van der Waals surface area (Å²) in [7, 11) is 0. The molecule has 1 aromatic carbocycles. The van der Waals surface area contributed by atoms with Crippen LogP contribution in [0.25, 0.3) is 0 Å². The van der Waals surface area contributed by atoms with Gasteiger partial charge >= 0.3 is 23.9 Å². The normalized spacial score (nSPS) is 24.3. The number of benzene rings is 1. The van der Waals surface area contributed by atoms with Gasteiger partial charge in [-0.15, -0.1) is 0 Å². The lowest BCUT2D eigenvalue weighted by Crippen LogP contribution is -2.66. The first-order chi connectivity index (χ1) is 17.8. The third kappa shape index (κ3) is 8.33. The molecule has 1 saturated heterocycles. The molecule has 13 heteroatoms. The van der Waals surface area contributed by atoms with E-state index in [2.05, 4.69) is 0 Å². The highest BCUT2D eigenvalue weighted by Crippen LogP contribution is 2.37. The topological polar surface area (TPSA) is 175 Å². The maximum Gasteiger partial charge on any atom is 0.303 e. The number of rotatable bonds is 11. The van der Waals surface area contributed by atoms with Crippen LogP contribution in [0.3, 0.4) is 0 Å². The summed E-state index contributed by atoms with van der Waals surface area (Å²) >= 11 is 0. The molecule has 0 aromatic heterocycles. The van der Waals surface area contributed by atoms with Gasteiger partial charge in [0.05, 0.1) is 5.92 Å². The number of ether oxygens (including phenoxy) is 5. The zero-order valence-electron chi connectivity index (χ0n) is 21.7. The molecule has 13 nitrogen and oxygen atoms in total. The zero-order chi connectivity index (χ0) is 28.6. The summed E-state index contributed by atoms with van der Waals surface area (Å²) in [5.41, 5.74) is 0.442. The van der Waals surface area contributed by atoms with Gasteiger partial charge in [0, 0.05) is 39.0 Å². The molecule has 0 bridgehead atoms. The average Bonchev–Trinajstić information content (AvgIpc) is 2.80. The number of hydrogen-bond donors (Lipinski definition) is 0. The molecule has 0 aliphatic carbocycles. The van der Waals surface area contributed by atoms with Gasteiger partial charge in [-0.05, 0) is 12.5 Å². The van der Waals surface area contributed by atoms with Crippen molar-refractivity contribution in [2.45, 2.75) is 83.5 Å². The van der Waals surface area contributed by atoms with E-state index >= 15 is 0 Å². The van der Waals surface area contributed by atoms with Crippen LogP contribution in [0.5, 0.6) is 0 Å². The summed E-state index contributed by atoms with van der Waals surface area (Å²) < 4.78 is 27.1. The van der Waals surface area contributed by atoms with Gasteiger partial charge in [0.25, 0.3) is 0 Å². The number of ketones is 1. The molecule has 0 N–H and O–H groups in total. The first-order valence-electron chi connectivity index (χ1n) is 11.8. The Morgan fingerprint density at radius 1 is 0.842 bits per heavy atom. The summed E-state index contributed by atoms with van der Waals surface area (Å²) in [5.74, 6) is -4.70. The minimum Gasteiger partial charge on any atom is -0.463 e. The number of carbonyl (C=O) groups excluding carboxylic acids is 5. The van der Waals surface area contributed by atoms with Crippen LogP contribution < -0.4 is 0 Å². The first kappa shape index (κ1) is 30.4. The minimum atomic E-state index is -1.71. The van der Waals surface area contributed by atoms with Crippen LogP contribution in [0.1, 0.15) is 52.5 Å². The molecular weight excluding hydrogens is 506 g/mol. The molecule has 1 aliphatic heterocycles. The van der Waals surface area contributed by atoms with E-state index in [0.29, 0.717) is 5.56 Å². The number of hydrogen-bond acceptors (Lipinski definition) is 12. The Morgan fingerprint density at radius 3 is 1.84 bits per heavy atom. The summed E-state index contributed by atoms with van der Waals surface area (Å²) in [6, 6.07) is 6.50. The lowest BCUT2D eigenvalue weighted by molar-refractivity contribution is -0.546. The van der Waals surface area contributed by atoms with E-state index < -0.39 is 77.9 Å². The fraction of sp³-hybridized carbons (Fsp3) is 0.560. The second-order valence-corrected chi connectivity index (χ2v) is 8.86. The molecule has 0 spiro atoms. The molecule has 7 atom stereocenters. The van der Waals surface area contributed by atoms with Crippen LogP contribution >= 0.6 is 0 Å². The molecule has 38 heavy (non-hydrogen) atoms. The van der Waals surface area contributed by atoms with Gasteiger partial charge in [0.2, 0.25) is 6.04 Å². The number of nitrogens with zero attached hydrogens (tertiary/aromatic N) is 1. The van der Waals surface area contributed by atoms with E-state index in [9.17, 15) is 34.1 Å². The van der Waals surface area contributed by atoms with Crippen LogP contribution in [0, 0.1) is 10.1 Å². The molecule has 2 rings (SSSR count). The standard InChI is InChI=1S/C25H31NO12/c1-13(27)11-19(18-9-7-6-8-10-18)21(26(32)33)23-25(37-17(5)31)24(36-16(4)30)22(35-15(3)29)20(38-23)12-34-14(2)28/h6-10,19-25H,11-12H2,1-5H3. The Kier molecular flexibility index (Phi) is 10.9. The van der Waals surface area contributed by atoms with Crippen molar-refractivity contribution >= 4 is 29.7 Å². The SMILES string of the molecule is CC(=O)CC(c1ccccc1)C(C1OC(COC(C)=O)C(OC(C)=O)C(OC(C)=O)C1OC(C)=O)[N+](=O)[O-]. The Bertz CT molecular complexity index is 1040. The minimum absolute atomic E-state index is 0.261. The summed E-state index contributed by atoms with van der Waals surface area (Å²) in [6.45, 7) is 5.03. The largest absolute Gasteiger partial charge is 0.463 e. The van der Waals surface area contributed by atoms with Gasteiger partial charge in [-0.25, -0.2) is 0 Å². The molecule has 1 aliphatic rings. The Balaban J connectivity index is 2.72. The smallest absolute Gasteiger partial charge is 0.303 e. The van der Waals surface area contributed by atoms with Crippen molar-refractivity contribution in [3.63, 3.8) is 0 Å². The highest BCUT2D eigenvalue weighted by atomic mass is 16.7. The maximum absolute atomic E-state index is 12.6. The third-order valence-corrected chi connectivity index (χ3v) is 5.75.